The summed E-state index contributed by atoms with van der Waals surface area (Å²) < 4.78 is 3.31. The van der Waals surface area contributed by atoms with Gasteiger partial charge in [0, 0.05) is 44.5 Å². The van der Waals surface area contributed by atoms with Gasteiger partial charge in [0.2, 0.25) is 5.95 Å². The van der Waals surface area contributed by atoms with Crippen LogP contribution in [0, 0.1) is 0 Å². The monoisotopic (exact) mass is 447 g/mol. The van der Waals surface area contributed by atoms with E-state index < -0.39 is 12.1 Å². The molecule has 2 aromatic heterocycles. The van der Waals surface area contributed by atoms with E-state index in [2.05, 4.69) is 15.4 Å². The maximum absolute atomic E-state index is 12.8. The predicted octanol–water partition coefficient (Wildman–Crippen LogP) is 1.97. The van der Waals surface area contributed by atoms with Gasteiger partial charge in [0.25, 0.3) is 11.8 Å². The fourth-order valence-electron chi connectivity index (χ4n) is 3.50. The number of carbonyl (C=O) groups excluding carboxylic acids is 2. The Hall–Kier alpha value is -4.02. The van der Waals surface area contributed by atoms with Crippen molar-refractivity contribution < 1.29 is 14.7 Å². The zero-order valence-corrected chi connectivity index (χ0v) is 18.3. The maximum atomic E-state index is 12.8. The molecule has 10 nitrogen and oxygen atoms in total. The molecule has 0 aliphatic carbocycles. The minimum absolute atomic E-state index is 0.149. The summed E-state index contributed by atoms with van der Waals surface area (Å²) in [5, 5.41) is 16.5. The molecule has 0 saturated carbocycles. The van der Waals surface area contributed by atoms with Crippen molar-refractivity contribution in [1.29, 1.82) is 0 Å². The van der Waals surface area contributed by atoms with Crippen LogP contribution >= 0.6 is 0 Å². The molecule has 1 atom stereocenters. The van der Waals surface area contributed by atoms with E-state index in [9.17, 15) is 14.7 Å². The van der Waals surface area contributed by atoms with E-state index >= 15 is 0 Å². The molecule has 2 amide bonds. The topological polar surface area (TPSA) is 131 Å². The highest BCUT2D eigenvalue weighted by molar-refractivity contribution is 6.06. The first-order valence-electron chi connectivity index (χ1n) is 10.4. The van der Waals surface area contributed by atoms with E-state index in [0.717, 1.165) is 5.52 Å². The summed E-state index contributed by atoms with van der Waals surface area (Å²) in [5.41, 5.74) is 8.33. The molecular weight excluding hydrogens is 422 g/mol. The van der Waals surface area contributed by atoms with Crippen molar-refractivity contribution in [3.05, 3.63) is 72.1 Å². The molecule has 0 aliphatic heterocycles. The van der Waals surface area contributed by atoms with Crippen molar-refractivity contribution in [1.82, 2.24) is 19.3 Å². The number of nitrogens with two attached hydrogens (primary N) is 1. The van der Waals surface area contributed by atoms with Crippen LogP contribution in [0.4, 0.5) is 11.6 Å². The van der Waals surface area contributed by atoms with Gasteiger partial charge in [-0.3, -0.25) is 19.6 Å². The van der Waals surface area contributed by atoms with Crippen LogP contribution in [0.2, 0.25) is 0 Å². The number of amides is 2. The molecule has 10 heteroatoms. The van der Waals surface area contributed by atoms with Gasteiger partial charge in [-0.2, -0.15) is 5.10 Å². The van der Waals surface area contributed by atoms with Crippen LogP contribution in [0.5, 0.6) is 0 Å². The molecule has 0 saturated heterocycles. The van der Waals surface area contributed by atoms with Gasteiger partial charge in [-0.1, -0.05) is 18.2 Å². The van der Waals surface area contributed by atoms with Crippen molar-refractivity contribution >= 4 is 34.5 Å². The van der Waals surface area contributed by atoms with Crippen molar-refractivity contribution in [3.63, 3.8) is 0 Å². The highest BCUT2D eigenvalue weighted by Gasteiger charge is 2.19. The van der Waals surface area contributed by atoms with E-state index in [1.54, 1.807) is 54.0 Å². The summed E-state index contributed by atoms with van der Waals surface area (Å²) in [6, 6.07) is 16.0. The number of aliphatic hydroxyl groups is 1. The molecule has 1 unspecified atom stereocenters. The minimum atomic E-state index is -1.00. The fourth-order valence-corrected chi connectivity index (χ4v) is 3.50. The van der Waals surface area contributed by atoms with Gasteiger partial charge in [-0.15, -0.1) is 0 Å². The molecule has 4 aromatic rings. The van der Waals surface area contributed by atoms with Gasteiger partial charge < -0.3 is 20.3 Å². The molecule has 0 bridgehead atoms. The molecule has 0 aliphatic rings. The third-order valence-electron chi connectivity index (χ3n) is 5.26. The molecule has 2 aromatic carbocycles. The SMILES string of the molecule is CN(C(=O)c1ccccc1)c1ccc2c(c1)nc(NC(=O)c1ccn(C)n1)n2CCC(N)O. The van der Waals surface area contributed by atoms with Gasteiger partial charge in [0.15, 0.2) is 5.69 Å². The highest BCUT2D eigenvalue weighted by atomic mass is 16.3. The van der Waals surface area contributed by atoms with Crippen LogP contribution in [0.15, 0.2) is 60.8 Å². The molecule has 2 heterocycles. The number of nitrogens with zero attached hydrogens (tertiary/aromatic N) is 5. The zero-order valence-electron chi connectivity index (χ0n) is 18.3. The van der Waals surface area contributed by atoms with Crippen LogP contribution in [0.3, 0.4) is 0 Å². The molecule has 4 N–H and O–H groups in total. The normalized spacial score (nSPS) is 12.0. The lowest BCUT2D eigenvalue weighted by atomic mass is 10.2. The Morgan fingerprint density at radius 3 is 2.61 bits per heavy atom. The quantitative estimate of drug-likeness (QED) is 0.371. The fraction of sp³-hybridized carbons (Fsp3) is 0.217. The molecule has 33 heavy (non-hydrogen) atoms. The lowest BCUT2D eigenvalue weighted by molar-refractivity contribution is 0.0990. The first-order valence-corrected chi connectivity index (χ1v) is 10.4. The number of imidazole rings is 1. The molecule has 0 radical (unpaired) electrons. The van der Waals surface area contributed by atoms with Gasteiger partial charge >= 0.3 is 0 Å². The van der Waals surface area contributed by atoms with Crippen LogP contribution < -0.4 is 16.0 Å². The highest BCUT2D eigenvalue weighted by Crippen LogP contribution is 2.26. The third-order valence-corrected chi connectivity index (χ3v) is 5.26. The Morgan fingerprint density at radius 1 is 1.18 bits per heavy atom. The van der Waals surface area contributed by atoms with Crippen molar-refractivity contribution in [2.45, 2.75) is 19.2 Å². The maximum Gasteiger partial charge on any atom is 0.278 e. The molecular formula is C23H25N7O3. The lowest BCUT2D eigenvalue weighted by Crippen LogP contribution is -2.26. The number of carbonyl (C=O) groups is 2. The van der Waals surface area contributed by atoms with Crippen molar-refractivity contribution in [2.24, 2.45) is 12.8 Å². The number of aryl methyl sites for hydroxylation is 2. The first kappa shape index (κ1) is 22.2. The van der Waals surface area contributed by atoms with Gasteiger partial charge in [-0.25, -0.2) is 4.98 Å². The molecule has 0 spiro atoms. The average molecular weight is 447 g/mol. The number of aromatic nitrogens is 4. The predicted molar refractivity (Wildman–Crippen MR) is 125 cm³/mol. The second-order valence-corrected chi connectivity index (χ2v) is 7.68. The van der Waals surface area contributed by atoms with E-state index in [1.165, 1.54) is 4.68 Å². The summed E-state index contributed by atoms with van der Waals surface area (Å²) in [6.07, 6.45) is 0.941. The zero-order chi connectivity index (χ0) is 23.5. The average Bonchev–Trinajstić information content (AvgIpc) is 3.39. The summed E-state index contributed by atoms with van der Waals surface area (Å²) in [6.45, 7) is 0.337. The van der Waals surface area contributed by atoms with Crippen molar-refractivity contribution in [2.75, 3.05) is 17.3 Å². The van der Waals surface area contributed by atoms with E-state index in [-0.39, 0.29) is 18.0 Å². The number of benzene rings is 2. The molecule has 170 valence electrons. The lowest BCUT2D eigenvalue weighted by Gasteiger charge is -2.17. The van der Waals surface area contributed by atoms with Crippen LogP contribution in [-0.4, -0.2) is 49.5 Å². The first-order chi connectivity index (χ1) is 15.8. The Labute approximate surface area is 190 Å². The van der Waals surface area contributed by atoms with Gasteiger partial charge in [0.05, 0.1) is 11.0 Å². The summed E-state index contributed by atoms with van der Waals surface area (Å²) in [5.74, 6) is -0.253. The Kier molecular flexibility index (Phi) is 6.20. The van der Waals surface area contributed by atoms with E-state index in [4.69, 9.17) is 5.73 Å². The summed E-state index contributed by atoms with van der Waals surface area (Å²) in [7, 11) is 3.42. The largest absolute Gasteiger partial charge is 0.379 e. The summed E-state index contributed by atoms with van der Waals surface area (Å²) in [4.78, 5) is 31.6. The number of fused-ring (bicyclic) bond motifs is 1. The van der Waals surface area contributed by atoms with Crippen LogP contribution in [-0.2, 0) is 13.6 Å². The smallest absolute Gasteiger partial charge is 0.278 e. The van der Waals surface area contributed by atoms with E-state index in [1.807, 2.05) is 30.3 Å². The van der Waals surface area contributed by atoms with E-state index in [0.29, 0.717) is 29.3 Å². The van der Waals surface area contributed by atoms with Crippen LogP contribution in [0.1, 0.15) is 27.3 Å². The number of anilines is 2. The van der Waals surface area contributed by atoms with Crippen LogP contribution in [0.25, 0.3) is 11.0 Å². The van der Waals surface area contributed by atoms with Gasteiger partial charge in [0.1, 0.15) is 6.23 Å². The number of nitrogens with one attached hydrogen (secondary N) is 1. The second-order valence-electron chi connectivity index (χ2n) is 7.68. The summed E-state index contributed by atoms with van der Waals surface area (Å²) >= 11 is 0. The minimum Gasteiger partial charge on any atom is -0.379 e. The molecule has 0 fully saturated rings. The standard InChI is InChI=1S/C23H25N7O3/c1-28-12-10-17(27-28)21(32)26-23-25-18-14-16(8-9-19(18)30(23)13-11-20(24)31)29(2)22(33)15-6-4-3-5-7-15/h3-10,12,14,20,31H,11,13,24H2,1-2H3,(H,25,26,32). The number of aliphatic hydroxyl groups excluding tert-OH is 1. The number of hydrogen-bond acceptors (Lipinski definition) is 6. The van der Waals surface area contributed by atoms with Crippen molar-refractivity contribution in [3.8, 4) is 0 Å². The Balaban J connectivity index is 1.67. The third kappa shape index (κ3) is 4.76. The number of rotatable bonds is 7. The van der Waals surface area contributed by atoms with Gasteiger partial charge in [-0.05, 0) is 36.4 Å². The molecule has 4 rings (SSSR count). The second kappa shape index (κ2) is 9.23. The Bertz CT molecular complexity index is 1290. The number of hydrogen-bond donors (Lipinski definition) is 3. The Morgan fingerprint density at radius 2 is 1.94 bits per heavy atom.